The summed E-state index contributed by atoms with van der Waals surface area (Å²) in [6.45, 7) is 4.64. The van der Waals surface area contributed by atoms with Crippen molar-refractivity contribution in [3.8, 4) is 22.3 Å². The van der Waals surface area contributed by atoms with Gasteiger partial charge >= 0.3 is 0 Å². The SMILES string of the molecule is CC1(C)c2ccccc2-c2cc(Nc3cccc(-c4cccc5sc6ccccc6c45)c3)ccc21. The van der Waals surface area contributed by atoms with E-state index in [0.717, 1.165) is 11.4 Å². The Kier molecular flexibility index (Phi) is 4.43. The Balaban J connectivity index is 1.29. The molecule has 0 amide bonds. The molecule has 2 heteroatoms. The van der Waals surface area contributed by atoms with Gasteiger partial charge in [0.15, 0.2) is 0 Å². The summed E-state index contributed by atoms with van der Waals surface area (Å²) in [7, 11) is 0. The van der Waals surface area contributed by atoms with E-state index in [-0.39, 0.29) is 5.41 Å². The summed E-state index contributed by atoms with van der Waals surface area (Å²) in [6, 6.07) is 39.8. The summed E-state index contributed by atoms with van der Waals surface area (Å²) in [5.41, 5.74) is 10.3. The lowest BCUT2D eigenvalue weighted by atomic mass is 9.82. The first-order chi connectivity index (χ1) is 17.1. The predicted octanol–water partition coefficient (Wildman–Crippen LogP) is 9.77. The molecule has 1 aliphatic carbocycles. The normalized spacial score (nSPS) is 13.7. The van der Waals surface area contributed by atoms with Gasteiger partial charge in [-0.1, -0.05) is 86.6 Å². The third-order valence-electron chi connectivity index (χ3n) is 7.45. The van der Waals surface area contributed by atoms with Crippen molar-refractivity contribution in [1.82, 2.24) is 0 Å². The molecule has 7 rings (SSSR count). The minimum atomic E-state index is 0.0341. The fourth-order valence-corrected chi connectivity index (χ4v) is 6.88. The molecule has 0 radical (unpaired) electrons. The van der Waals surface area contributed by atoms with Crippen LogP contribution in [0.3, 0.4) is 0 Å². The van der Waals surface area contributed by atoms with Gasteiger partial charge in [0, 0.05) is 37.0 Å². The van der Waals surface area contributed by atoms with Gasteiger partial charge < -0.3 is 5.32 Å². The Hall–Kier alpha value is -3.88. The van der Waals surface area contributed by atoms with Crippen LogP contribution in [-0.4, -0.2) is 0 Å². The van der Waals surface area contributed by atoms with Gasteiger partial charge in [-0.2, -0.15) is 0 Å². The highest BCUT2D eigenvalue weighted by atomic mass is 32.1. The summed E-state index contributed by atoms with van der Waals surface area (Å²) < 4.78 is 2.67. The zero-order valence-electron chi connectivity index (χ0n) is 19.8. The molecule has 1 nitrogen and oxygen atoms in total. The maximum absolute atomic E-state index is 3.68. The molecule has 0 saturated carbocycles. The summed E-state index contributed by atoms with van der Waals surface area (Å²) in [5.74, 6) is 0. The number of fused-ring (bicyclic) bond motifs is 6. The summed E-state index contributed by atoms with van der Waals surface area (Å²) >= 11 is 1.87. The third kappa shape index (κ3) is 3.14. The standard InChI is InChI=1S/C33H25NS/c1-33(2)28-14-5-3-11-25(28)27-20-23(17-18-29(27)33)34-22-10-7-9-21(19-22)24-13-8-16-31-32(24)26-12-4-6-15-30(26)35-31/h3-20,34H,1-2H3. The Bertz CT molecular complexity index is 1750. The number of hydrogen-bond donors (Lipinski definition) is 1. The van der Waals surface area contributed by atoms with Crippen LogP contribution in [0.15, 0.2) is 109 Å². The number of benzene rings is 5. The lowest BCUT2D eigenvalue weighted by Gasteiger charge is -2.21. The smallest absolute Gasteiger partial charge is 0.0390 e. The Labute approximate surface area is 209 Å². The van der Waals surface area contributed by atoms with E-state index in [0.29, 0.717) is 0 Å². The van der Waals surface area contributed by atoms with Gasteiger partial charge in [0.1, 0.15) is 0 Å². The number of rotatable bonds is 3. The fraction of sp³-hybridized carbons (Fsp3) is 0.0909. The average Bonchev–Trinajstić information content (AvgIpc) is 3.37. The monoisotopic (exact) mass is 467 g/mol. The van der Waals surface area contributed by atoms with Gasteiger partial charge in [0.2, 0.25) is 0 Å². The zero-order chi connectivity index (χ0) is 23.6. The molecule has 168 valence electrons. The van der Waals surface area contributed by atoms with E-state index in [2.05, 4.69) is 128 Å². The van der Waals surface area contributed by atoms with Crippen LogP contribution < -0.4 is 5.32 Å². The van der Waals surface area contributed by atoms with Crippen LogP contribution >= 0.6 is 11.3 Å². The van der Waals surface area contributed by atoms with Crippen LogP contribution in [0, 0.1) is 0 Å². The zero-order valence-corrected chi connectivity index (χ0v) is 20.6. The first-order valence-electron chi connectivity index (χ1n) is 12.1. The lowest BCUT2D eigenvalue weighted by Crippen LogP contribution is -2.14. The summed E-state index contributed by atoms with van der Waals surface area (Å²) in [6.07, 6.45) is 0. The Morgan fingerprint density at radius 1 is 0.571 bits per heavy atom. The molecule has 0 fully saturated rings. The second-order valence-corrected chi connectivity index (χ2v) is 11.0. The molecule has 0 aliphatic heterocycles. The largest absolute Gasteiger partial charge is 0.355 e. The second-order valence-electron chi connectivity index (χ2n) is 9.91. The van der Waals surface area contributed by atoms with Crippen molar-refractivity contribution in [2.24, 2.45) is 0 Å². The predicted molar refractivity (Wildman–Crippen MR) is 152 cm³/mol. The van der Waals surface area contributed by atoms with E-state index in [1.165, 1.54) is 53.6 Å². The molecule has 1 aliphatic rings. The van der Waals surface area contributed by atoms with Crippen LogP contribution in [0.1, 0.15) is 25.0 Å². The van der Waals surface area contributed by atoms with E-state index in [1.54, 1.807) is 0 Å². The van der Waals surface area contributed by atoms with Gasteiger partial charge in [-0.15, -0.1) is 11.3 Å². The first-order valence-corrected chi connectivity index (χ1v) is 12.9. The maximum atomic E-state index is 3.68. The van der Waals surface area contributed by atoms with Crippen molar-refractivity contribution in [2.75, 3.05) is 5.32 Å². The summed E-state index contributed by atoms with van der Waals surface area (Å²) in [5, 5.41) is 6.37. The van der Waals surface area contributed by atoms with Crippen molar-refractivity contribution < 1.29 is 0 Å². The number of anilines is 2. The van der Waals surface area contributed by atoms with Gasteiger partial charge in [-0.25, -0.2) is 0 Å². The molecule has 0 atom stereocenters. The van der Waals surface area contributed by atoms with Gasteiger partial charge in [0.25, 0.3) is 0 Å². The van der Waals surface area contributed by atoms with E-state index in [4.69, 9.17) is 0 Å². The lowest BCUT2D eigenvalue weighted by molar-refractivity contribution is 0.660. The van der Waals surface area contributed by atoms with Crippen LogP contribution in [0.25, 0.3) is 42.4 Å². The topological polar surface area (TPSA) is 12.0 Å². The average molecular weight is 468 g/mol. The molecule has 0 spiro atoms. The Morgan fingerprint density at radius 3 is 2.23 bits per heavy atom. The van der Waals surface area contributed by atoms with Crippen LogP contribution in [0.4, 0.5) is 11.4 Å². The van der Waals surface area contributed by atoms with Crippen molar-refractivity contribution in [2.45, 2.75) is 19.3 Å². The highest BCUT2D eigenvalue weighted by molar-refractivity contribution is 7.25. The summed E-state index contributed by atoms with van der Waals surface area (Å²) in [4.78, 5) is 0. The third-order valence-corrected chi connectivity index (χ3v) is 8.58. The highest BCUT2D eigenvalue weighted by Gasteiger charge is 2.34. The number of nitrogens with one attached hydrogen (secondary N) is 1. The minimum absolute atomic E-state index is 0.0341. The van der Waals surface area contributed by atoms with Gasteiger partial charge in [-0.05, 0) is 69.8 Å². The molecular weight excluding hydrogens is 442 g/mol. The molecule has 1 heterocycles. The molecule has 6 aromatic rings. The van der Waals surface area contributed by atoms with Crippen LogP contribution in [0.5, 0.6) is 0 Å². The quantitative estimate of drug-likeness (QED) is 0.273. The van der Waals surface area contributed by atoms with Crippen LogP contribution in [0.2, 0.25) is 0 Å². The van der Waals surface area contributed by atoms with Crippen molar-refractivity contribution in [1.29, 1.82) is 0 Å². The molecule has 1 N–H and O–H groups in total. The molecule has 0 bridgehead atoms. The molecule has 5 aromatic carbocycles. The van der Waals surface area contributed by atoms with Crippen LogP contribution in [-0.2, 0) is 5.41 Å². The number of thiophene rings is 1. The first kappa shape index (κ1) is 20.5. The number of hydrogen-bond acceptors (Lipinski definition) is 2. The van der Waals surface area contributed by atoms with E-state index in [1.807, 2.05) is 11.3 Å². The second kappa shape index (κ2) is 7.56. The Morgan fingerprint density at radius 2 is 1.29 bits per heavy atom. The van der Waals surface area contributed by atoms with Gasteiger partial charge in [-0.3, -0.25) is 0 Å². The molecular formula is C33H25NS. The van der Waals surface area contributed by atoms with Crippen molar-refractivity contribution >= 4 is 42.9 Å². The van der Waals surface area contributed by atoms with Crippen molar-refractivity contribution in [3.63, 3.8) is 0 Å². The highest BCUT2D eigenvalue weighted by Crippen LogP contribution is 2.49. The molecule has 1 aromatic heterocycles. The molecule has 35 heavy (non-hydrogen) atoms. The minimum Gasteiger partial charge on any atom is -0.355 e. The fourth-order valence-electron chi connectivity index (χ4n) is 5.74. The molecule has 0 unspecified atom stereocenters. The van der Waals surface area contributed by atoms with E-state index in [9.17, 15) is 0 Å². The van der Waals surface area contributed by atoms with E-state index >= 15 is 0 Å². The van der Waals surface area contributed by atoms with Crippen molar-refractivity contribution in [3.05, 3.63) is 120 Å². The molecule has 0 saturated heterocycles. The van der Waals surface area contributed by atoms with E-state index < -0.39 is 0 Å². The maximum Gasteiger partial charge on any atom is 0.0390 e. The van der Waals surface area contributed by atoms with Gasteiger partial charge in [0.05, 0.1) is 0 Å².